The van der Waals surface area contributed by atoms with E-state index in [-0.39, 0.29) is 5.90 Å². The van der Waals surface area contributed by atoms with Crippen LogP contribution in [0.1, 0.15) is 13.3 Å². The summed E-state index contributed by atoms with van der Waals surface area (Å²) in [6.07, 6.45) is 0.741. The second kappa shape index (κ2) is 1.74. The van der Waals surface area contributed by atoms with Crippen molar-refractivity contribution in [2.75, 3.05) is 0 Å². The van der Waals surface area contributed by atoms with Gasteiger partial charge in [0, 0.05) is 11.7 Å². The van der Waals surface area contributed by atoms with Gasteiger partial charge in [-0.15, -0.1) is 0 Å². The SMILES string of the molecule is CC1CC(O)=NS1. The molecule has 2 nitrogen and oxygen atoms in total. The van der Waals surface area contributed by atoms with Gasteiger partial charge < -0.3 is 5.11 Å². The lowest BCUT2D eigenvalue weighted by Crippen LogP contribution is -1.95. The first kappa shape index (κ1) is 4.97. The molecule has 0 bridgehead atoms. The van der Waals surface area contributed by atoms with Crippen LogP contribution in [-0.4, -0.2) is 16.3 Å². The molecule has 0 spiro atoms. The fraction of sp³-hybridized carbons (Fsp3) is 0.750. The van der Waals surface area contributed by atoms with Crippen molar-refractivity contribution in [3.63, 3.8) is 0 Å². The zero-order valence-electron chi connectivity index (χ0n) is 4.09. The summed E-state index contributed by atoms with van der Waals surface area (Å²) in [6, 6.07) is 0. The van der Waals surface area contributed by atoms with Gasteiger partial charge in [-0.05, 0) is 11.9 Å². The molecule has 0 fully saturated rings. The molecule has 0 aromatic rings. The van der Waals surface area contributed by atoms with E-state index in [0.717, 1.165) is 6.42 Å². The molecule has 0 saturated heterocycles. The standard InChI is InChI=1S/C4H7NOS/c1-3-2-4(6)5-7-3/h3H,2H2,1H3,(H,5,6). The molecule has 1 rings (SSSR count). The van der Waals surface area contributed by atoms with Gasteiger partial charge in [0.2, 0.25) is 0 Å². The van der Waals surface area contributed by atoms with Crippen molar-refractivity contribution in [2.45, 2.75) is 18.6 Å². The normalized spacial score (nSPS) is 30.4. The van der Waals surface area contributed by atoms with E-state index >= 15 is 0 Å². The lowest BCUT2D eigenvalue weighted by Gasteiger charge is -1.89. The van der Waals surface area contributed by atoms with Crippen molar-refractivity contribution in [2.24, 2.45) is 4.40 Å². The molecule has 1 N–H and O–H groups in total. The highest BCUT2D eigenvalue weighted by Gasteiger charge is 2.12. The molecule has 0 aliphatic carbocycles. The van der Waals surface area contributed by atoms with Gasteiger partial charge in [0.15, 0.2) is 5.90 Å². The van der Waals surface area contributed by atoms with Crippen molar-refractivity contribution < 1.29 is 5.11 Å². The number of aliphatic hydroxyl groups excluding tert-OH is 1. The van der Waals surface area contributed by atoms with Crippen molar-refractivity contribution in [1.82, 2.24) is 0 Å². The van der Waals surface area contributed by atoms with Crippen molar-refractivity contribution >= 4 is 17.8 Å². The van der Waals surface area contributed by atoms with Crippen molar-refractivity contribution in [3.8, 4) is 0 Å². The molecule has 1 atom stereocenters. The zero-order chi connectivity index (χ0) is 5.28. The van der Waals surface area contributed by atoms with Crippen LogP contribution in [0.5, 0.6) is 0 Å². The molecule has 1 unspecified atom stereocenters. The molecular formula is C4H7NOS. The van der Waals surface area contributed by atoms with Gasteiger partial charge in [-0.25, -0.2) is 0 Å². The number of hydrogen-bond acceptors (Lipinski definition) is 2. The summed E-state index contributed by atoms with van der Waals surface area (Å²) in [5, 5.41) is 9.11. The van der Waals surface area contributed by atoms with Gasteiger partial charge >= 0.3 is 0 Å². The van der Waals surface area contributed by atoms with Crippen LogP contribution < -0.4 is 0 Å². The monoisotopic (exact) mass is 117 g/mol. The van der Waals surface area contributed by atoms with E-state index in [9.17, 15) is 0 Å². The highest BCUT2D eigenvalue weighted by atomic mass is 32.2. The van der Waals surface area contributed by atoms with Crippen LogP contribution in [0.2, 0.25) is 0 Å². The Kier molecular flexibility index (Phi) is 1.23. The molecule has 1 heterocycles. The smallest absolute Gasteiger partial charge is 0.193 e. The Balaban J connectivity index is 2.42. The van der Waals surface area contributed by atoms with Gasteiger partial charge in [-0.2, -0.15) is 4.40 Å². The van der Waals surface area contributed by atoms with Crippen LogP contribution >= 0.6 is 11.9 Å². The summed E-state index contributed by atoms with van der Waals surface area (Å²) in [4.78, 5) is 0. The second-order valence-corrected chi connectivity index (χ2v) is 2.83. The fourth-order valence-electron chi connectivity index (χ4n) is 0.482. The highest BCUT2D eigenvalue weighted by molar-refractivity contribution is 7.99. The van der Waals surface area contributed by atoms with Gasteiger partial charge in [-0.1, -0.05) is 6.92 Å². The minimum Gasteiger partial charge on any atom is -0.496 e. The first-order valence-corrected chi connectivity index (χ1v) is 3.04. The maximum absolute atomic E-state index is 8.63. The van der Waals surface area contributed by atoms with E-state index in [0.29, 0.717) is 5.25 Å². The van der Waals surface area contributed by atoms with E-state index in [4.69, 9.17) is 5.11 Å². The first-order chi connectivity index (χ1) is 3.29. The lowest BCUT2D eigenvalue weighted by atomic mass is 10.3. The molecule has 0 radical (unpaired) electrons. The molecular weight excluding hydrogens is 110 g/mol. The van der Waals surface area contributed by atoms with Crippen LogP contribution in [0.4, 0.5) is 0 Å². The topological polar surface area (TPSA) is 32.6 Å². The highest BCUT2D eigenvalue weighted by Crippen LogP contribution is 2.22. The Morgan fingerprint density at radius 3 is 2.86 bits per heavy atom. The molecule has 0 aromatic carbocycles. The van der Waals surface area contributed by atoms with E-state index in [1.807, 2.05) is 6.92 Å². The van der Waals surface area contributed by atoms with Crippen molar-refractivity contribution in [3.05, 3.63) is 0 Å². The maximum Gasteiger partial charge on any atom is 0.193 e. The maximum atomic E-state index is 8.63. The van der Waals surface area contributed by atoms with Crippen molar-refractivity contribution in [1.29, 1.82) is 0 Å². The third-order valence-electron chi connectivity index (χ3n) is 0.808. The molecule has 0 aromatic heterocycles. The molecule has 1 aliphatic rings. The predicted molar refractivity (Wildman–Crippen MR) is 31.7 cm³/mol. The van der Waals surface area contributed by atoms with E-state index in [1.165, 1.54) is 11.9 Å². The van der Waals surface area contributed by atoms with E-state index in [1.54, 1.807) is 0 Å². The Labute approximate surface area is 46.8 Å². The summed E-state index contributed by atoms with van der Waals surface area (Å²) < 4.78 is 3.71. The van der Waals surface area contributed by atoms with Crippen LogP contribution in [0.15, 0.2) is 4.40 Å². The molecule has 7 heavy (non-hydrogen) atoms. The van der Waals surface area contributed by atoms with Gasteiger partial charge in [0.05, 0.1) is 0 Å². The van der Waals surface area contributed by atoms with Gasteiger partial charge in [0.1, 0.15) is 0 Å². The van der Waals surface area contributed by atoms with Gasteiger partial charge in [-0.3, -0.25) is 0 Å². The number of hydrogen-bond donors (Lipinski definition) is 1. The third kappa shape index (κ3) is 1.09. The summed E-state index contributed by atoms with van der Waals surface area (Å²) in [5.74, 6) is 0.289. The number of rotatable bonds is 0. The molecule has 1 aliphatic heterocycles. The Bertz CT molecular complexity index is 102. The largest absolute Gasteiger partial charge is 0.496 e. The molecule has 0 saturated carbocycles. The average Bonchev–Trinajstić information content (AvgIpc) is 1.87. The quantitative estimate of drug-likeness (QED) is 0.486. The molecule has 0 amide bonds. The van der Waals surface area contributed by atoms with E-state index < -0.39 is 0 Å². The summed E-state index contributed by atoms with van der Waals surface area (Å²) >= 11 is 1.44. The van der Waals surface area contributed by atoms with Crippen LogP contribution in [0.25, 0.3) is 0 Å². The molecule has 3 heteroatoms. The molecule has 40 valence electrons. The average molecular weight is 117 g/mol. The summed E-state index contributed by atoms with van der Waals surface area (Å²) in [6.45, 7) is 2.04. The van der Waals surface area contributed by atoms with Crippen LogP contribution in [0.3, 0.4) is 0 Å². The summed E-state index contributed by atoms with van der Waals surface area (Å²) in [7, 11) is 0. The minimum atomic E-state index is 0.289. The Morgan fingerprint density at radius 1 is 2.00 bits per heavy atom. The number of nitrogens with zero attached hydrogens (tertiary/aromatic N) is 1. The summed E-state index contributed by atoms with van der Waals surface area (Å²) in [5.41, 5.74) is 0. The van der Waals surface area contributed by atoms with Crippen LogP contribution in [0, 0.1) is 0 Å². The zero-order valence-corrected chi connectivity index (χ0v) is 4.90. The fourth-order valence-corrected chi connectivity index (χ4v) is 1.08. The van der Waals surface area contributed by atoms with Gasteiger partial charge in [0.25, 0.3) is 0 Å². The Morgan fingerprint density at radius 2 is 2.71 bits per heavy atom. The predicted octanol–water partition coefficient (Wildman–Crippen LogP) is 1.38. The van der Waals surface area contributed by atoms with Crippen LogP contribution in [-0.2, 0) is 0 Å². The first-order valence-electron chi connectivity index (χ1n) is 2.20. The lowest BCUT2D eigenvalue weighted by molar-refractivity contribution is 0.537. The minimum absolute atomic E-state index is 0.289. The third-order valence-corrected chi connectivity index (χ3v) is 1.65. The second-order valence-electron chi connectivity index (χ2n) is 1.63. The van der Waals surface area contributed by atoms with E-state index in [2.05, 4.69) is 4.40 Å². The Hall–Kier alpha value is -0.180. The number of aliphatic hydroxyl groups is 1.